The van der Waals surface area contributed by atoms with Crippen LogP contribution in [0, 0.1) is 16.0 Å². The Bertz CT molecular complexity index is 1450. The molecule has 1 aliphatic carbocycles. The van der Waals surface area contributed by atoms with Crippen LogP contribution < -0.4 is 31.5 Å². The summed E-state index contributed by atoms with van der Waals surface area (Å²) < 4.78 is 12.9. The average Bonchev–Trinajstić information content (AvgIpc) is 3.00. The standard InChI is InChI=1S/C32H40N6O4Si/c1-31(2,3)43(23-14-7-5-8-15-23,24-16-9-6-10-17-24)42-27-20-12-11-18-25(27)32(33)28(38(39)40)22-35-30(37-32)36-26-19-13-21-34-29(26)41-4/h5-10,13-17,19,21-22,25,27H,11-12,18,20,33H2,1-4H3,(H2,35,36,37)/t25-,27-,32?/m1/s1. The number of guanidine groups is 1. The number of rotatable bonds is 8. The summed E-state index contributed by atoms with van der Waals surface area (Å²) in [5, 5.41) is 20.6. The van der Waals surface area contributed by atoms with Crippen molar-refractivity contribution in [3.8, 4) is 5.88 Å². The minimum Gasteiger partial charge on any atom is -0.480 e. The van der Waals surface area contributed by atoms with Crippen molar-refractivity contribution in [1.82, 2.24) is 10.3 Å². The van der Waals surface area contributed by atoms with Crippen LogP contribution in [0.5, 0.6) is 5.88 Å². The van der Waals surface area contributed by atoms with Gasteiger partial charge in [0.05, 0.1) is 24.3 Å². The number of hydrogen-bond donors (Lipinski definition) is 3. The van der Waals surface area contributed by atoms with Crippen LogP contribution in [0.1, 0.15) is 46.5 Å². The Hall–Kier alpha value is -4.06. The molecule has 0 spiro atoms. The second-order valence-electron chi connectivity index (χ2n) is 12.1. The van der Waals surface area contributed by atoms with E-state index in [1.807, 2.05) is 36.4 Å². The fraction of sp³-hybridized carbons (Fsp3) is 0.375. The van der Waals surface area contributed by atoms with Crippen molar-refractivity contribution in [3.05, 3.63) is 101 Å². The lowest BCUT2D eigenvalue weighted by atomic mass is 9.76. The van der Waals surface area contributed by atoms with Gasteiger partial charge in [0, 0.05) is 12.1 Å². The van der Waals surface area contributed by atoms with E-state index >= 15 is 0 Å². The number of ether oxygens (including phenoxy) is 1. The summed E-state index contributed by atoms with van der Waals surface area (Å²) in [7, 11) is -1.44. The van der Waals surface area contributed by atoms with E-state index in [1.165, 1.54) is 13.3 Å². The van der Waals surface area contributed by atoms with Gasteiger partial charge in [-0.05, 0) is 40.4 Å². The number of nitrogens with zero attached hydrogens (tertiary/aromatic N) is 3. The molecular weight excluding hydrogens is 560 g/mol. The molecule has 43 heavy (non-hydrogen) atoms. The van der Waals surface area contributed by atoms with Crippen LogP contribution in [0.4, 0.5) is 5.69 Å². The van der Waals surface area contributed by atoms with E-state index in [2.05, 4.69) is 60.7 Å². The second-order valence-corrected chi connectivity index (χ2v) is 16.4. The van der Waals surface area contributed by atoms with Gasteiger partial charge in [-0.25, -0.2) is 9.98 Å². The lowest BCUT2D eigenvalue weighted by Crippen LogP contribution is -2.69. The third-order valence-corrected chi connectivity index (χ3v) is 13.5. The number of anilines is 1. The van der Waals surface area contributed by atoms with E-state index < -0.39 is 24.8 Å². The summed E-state index contributed by atoms with van der Waals surface area (Å²) in [5.41, 5.74) is 5.81. The summed E-state index contributed by atoms with van der Waals surface area (Å²) in [4.78, 5) is 21.0. The number of methoxy groups -OCH3 is 1. The topological polar surface area (TPSA) is 137 Å². The smallest absolute Gasteiger partial charge is 0.304 e. The fourth-order valence-corrected chi connectivity index (χ4v) is 11.2. The first-order chi connectivity index (χ1) is 20.6. The van der Waals surface area contributed by atoms with E-state index in [1.54, 1.807) is 18.3 Å². The molecular formula is C32H40N6O4Si. The number of pyridine rings is 1. The molecule has 2 aromatic carbocycles. The molecule has 1 saturated carbocycles. The zero-order chi connectivity index (χ0) is 30.7. The van der Waals surface area contributed by atoms with Crippen molar-refractivity contribution in [2.24, 2.45) is 16.6 Å². The zero-order valence-electron chi connectivity index (χ0n) is 25.1. The molecule has 0 bridgehead atoms. The van der Waals surface area contributed by atoms with Crippen molar-refractivity contribution < 1.29 is 14.1 Å². The number of benzene rings is 2. The van der Waals surface area contributed by atoms with E-state index in [0.717, 1.165) is 29.6 Å². The van der Waals surface area contributed by atoms with Crippen LogP contribution in [0.25, 0.3) is 0 Å². The minimum atomic E-state index is -2.96. The summed E-state index contributed by atoms with van der Waals surface area (Å²) in [5.74, 6) is 0.188. The summed E-state index contributed by atoms with van der Waals surface area (Å²) >= 11 is 0. The van der Waals surface area contributed by atoms with Crippen LogP contribution in [-0.2, 0) is 4.43 Å². The Morgan fingerprint density at radius 3 is 2.23 bits per heavy atom. The number of nitro groups is 1. The highest BCUT2D eigenvalue weighted by Crippen LogP contribution is 2.44. The Morgan fingerprint density at radius 1 is 1.02 bits per heavy atom. The van der Waals surface area contributed by atoms with Crippen LogP contribution in [0.3, 0.4) is 0 Å². The molecule has 3 atom stereocenters. The van der Waals surface area contributed by atoms with E-state index in [9.17, 15) is 10.1 Å². The van der Waals surface area contributed by atoms with Gasteiger partial charge >= 0.3 is 5.70 Å². The first-order valence-electron chi connectivity index (χ1n) is 14.7. The van der Waals surface area contributed by atoms with Gasteiger partial charge in [0.1, 0.15) is 5.69 Å². The molecule has 3 aromatic rings. The van der Waals surface area contributed by atoms with Crippen molar-refractivity contribution >= 4 is 30.3 Å². The van der Waals surface area contributed by atoms with E-state index in [4.69, 9.17) is 19.9 Å². The summed E-state index contributed by atoms with van der Waals surface area (Å²) in [6, 6.07) is 24.4. The number of nitrogens with two attached hydrogens (primary N) is 1. The monoisotopic (exact) mass is 600 g/mol. The van der Waals surface area contributed by atoms with Gasteiger partial charge in [-0.1, -0.05) is 94.3 Å². The maximum atomic E-state index is 12.4. The number of aromatic nitrogens is 1. The third-order valence-electron chi connectivity index (χ3n) is 8.48. The predicted molar refractivity (Wildman–Crippen MR) is 171 cm³/mol. The lowest BCUT2D eigenvalue weighted by molar-refractivity contribution is -0.438. The van der Waals surface area contributed by atoms with Crippen molar-refractivity contribution in [1.29, 1.82) is 0 Å². The van der Waals surface area contributed by atoms with Crippen LogP contribution >= 0.6 is 0 Å². The maximum absolute atomic E-state index is 12.4. The first kappa shape index (κ1) is 30.4. The quantitative estimate of drug-likeness (QED) is 0.197. The molecule has 1 unspecified atom stereocenters. The van der Waals surface area contributed by atoms with E-state index in [0.29, 0.717) is 18.0 Å². The number of hydrogen-bond acceptors (Lipinski definition) is 9. The molecule has 5 rings (SSSR count). The summed E-state index contributed by atoms with van der Waals surface area (Å²) in [6.45, 7) is 6.68. The highest BCUT2D eigenvalue weighted by Gasteiger charge is 2.57. The zero-order valence-corrected chi connectivity index (χ0v) is 26.1. The van der Waals surface area contributed by atoms with Gasteiger partial charge in [0.2, 0.25) is 17.5 Å². The van der Waals surface area contributed by atoms with Crippen LogP contribution in [0.2, 0.25) is 5.04 Å². The number of nitrogens with one attached hydrogen (secondary N) is 2. The largest absolute Gasteiger partial charge is 0.480 e. The molecule has 226 valence electrons. The molecule has 0 amide bonds. The third kappa shape index (κ3) is 5.80. The SMILES string of the molecule is COc1ncccc1NC1=NC(N)([C@@H]2CCCC[C@H]2O[Si](c2ccccc2)(c2ccccc2)C(C)(C)C)C([N+](=O)[O-])=CN1. The normalized spacial score (nSPS) is 22.5. The predicted octanol–water partition coefficient (Wildman–Crippen LogP) is 4.37. The molecule has 1 aromatic heterocycles. The fourth-order valence-electron chi connectivity index (χ4n) is 6.50. The molecule has 11 heteroatoms. The molecule has 0 saturated heterocycles. The van der Waals surface area contributed by atoms with Crippen molar-refractivity contribution in [2.75, 3.05) is 12.4 Å². The Balaban J connectivity index is 1.61. The minimum absolute atomic E-state index is 0.195. The van der Waals surface area contributed by atoms with Crippen molar-refractivity contribution in [2.45, 2.75) is 63.3 Å². The van der Waals surface area contributed by atoms with Gasteiger partial charge in [0.25, 0.3) is 8.32 Å². The molecule has 1 aliphatic heterocycles. The van der Waals surface area contributed by atoms with Crippen molar-refractivity contribution in [3.63, 3.8) is 0 Å². The second kappa shape index (κ2) is 12.3. The van der Waals surface area contributed by atoms with Gasteiger partial charge in [-0.3, -0.25) is 15.8 Å². The molecule has 2 aliphatic rings. The maximum Gasteiger partial charge on any atom is 0.304 e. The number of aliphatic imine (C=N–C) groups is 1. The molecule has 4 N–H and O–H groups in total. The van der Waals surface area contributed by atoms with Gasteiger partial charge in [-0.2, -0.15) is 0 Å². The van der Waals surface area contributed by atoms with E-state index in [-0.39, 0.29) is 22.8 Å². The Labute approximate surface area is 253 Å². The Kier molecular flexibility index (Phi) is 8.68. The van der Waals surface area contributed by atoms with Gasteiger partial charge in [0.15, 0.2) is 0 Å². The molecule has 2 heterocycles. The lowest BCUT2D eigenvalue weighted by Gasteiger charge is -2.49. The highest BCUT2D eigenvalue weighted by molar-refractivity contribution is 6.99. The van der Waals surface area contributed by atoms with Crippen LogP contribution in [0.15, 0.2) is 95.9 Å². The average molecular weight is 601 g/mol. The van der Waals surface area contributed by atoms with Gasteiger partial charge < -0.3 is 19.8 Å². The first-order valence-corrected chi connectivity index (χ1v) is 16.6. The molecule has 10 nitrogen and oxygen atoms in total. The molecule has 0 radical (unpaired) electrons. The van der Waals surface area contributed by atoms with Crippen LogP contribution in [-0.4, -0.2) is 43.1 Å². The highest BCUT2D eigenvalue weighted by atomic mass is 28.4. The summed E-state index contributed by atoms with van der Waals surface area (Å²) in [6.07, 6.45) is 5.76. The molecule has 1 fully saturated rings. The van der Waals surface area contributed by atoms with Gasteiger partial charge in [-0.15, -0.1) is 0 Å². The Morgan fingerprint density at radius 2 is 1.65 bits per heavy atom.